The lowest BCUT2D eigenvalue weighted by atomic mass is 10.2. The van der Waals surface area contributed by atoms with Crippen LogP contribution in [0.5, 0.6) is 0 Å². The van der Waals surface area contributed by atoms with Crippen molar-refractivity contribution < 1.29 is 18.3 Å². The van der Waals surface area contributed by atoms with Crippen LogP contribution in [-0.2, 0) is 11.3 Å². The van der Waals surface area contributed by atoms with Gasteiger partial charge in [0.15, 0.2) is 17.8 Å². The molecule has 1 aromatic carbocycles. The van der Waals surface area contributed by atoms with Gasteiger partial charge in [-0.1, -0.05) is 18.2 Å². The fraction of sp³-hybridized carbons (Fsp3) is 0.188. The first-order valence-corrected chi connectivity index (χ1v) is 7.06. The van der Waals surface area contributed by atoms with Crippen molar-refractivity contribution in [3.05, 3.63) is 60.0 Å². The maximum Gasteiger partial charge on any atom is 0.358 e. The van der Waals surface area contributed by atoms with Gasteiger partial charge in [-0.2, -0.15) is 5.10 Å². The van der Waals surface area contributed by atoms with E-state index in [4.69, 9.17) is 9.15 Å². The molecule has 0 fully saturated rings. The maximum atomic E-state index is 13.9. The van der Waals surface area contributed by atoms with Crippen LogP contribution in [0.4, 0.5) is 4.39 Å². The summed E-state index contributed by atoms with van der Waals surface area (Å²) < 4.78 is 25.6. The summed E-state index contributed by atoms with van der Waals surface area (Å²) in [6, 6.07) is 7.93. The van der Waals surface area contributed by atoms with Gasteiger partial charge in [-0.05, 0) is 13.0 Å². The molecule has 3 rings (SSSR count). The molecule has 0 radical (unpaired) electrons. The summed E-state index contributed by atoms with van der Waals surface area (Å²) in [6.45, 7) is 2.12. The molecule has 0 N–H and O–H groups in total. The molecule has 0 saturated carbocycles. The average Bonchev–Trinajstić information content (AvgIpc) is 3.19. The monoisotopic (exact) mass is 315 g/mol. The van der Waals surface area contributed by atoms with Crippen LogP contribution in [0.3, 0.4) is 0 Å². The smallest absolute Gasteiger partial charge is 0.358 e. The minimum Gasteiger partial charge on any atom is -0.461 e. The van der Waals surface area contributed by atoms with E-state index in [0.717, 1.165) is 0 Å². The molecule has 0 unspecified atom stereocenters. The SMILES string of the molecule is CCOC(=O)c1cc(-c2cnco2)n(Cc2ccccc2F)n1. The lowest BCUT2D eigenvalue weighted by Crippen LogP contribution is -2.09. The Balaban J connectivity index is 2.00. The van der Waals surface area contributed by atoms with Gasteiger partial charge in [0.1, 0.15) is 11.5 Å². The quantitative estimate of drug-likeness (QED) is 0.677. The van der Waals surface area contributed by atoms with Gasteiger partial charge in [0.2, 0.25) is 0 Å². The highest BCUT2D eigenvalue weighted by atomic mass is 19.1. The third-order valence-electron chi connectivity index (χ3n) is 3.23. The van der Waals surface area contributed by atoms with Crippen LogP contribution < -0.4 is 0 Å². The molecule has 118 valence electrons. The minimum absolute atomic E-state index is 0.134. The third-order valence-corrected chi connectivity index (χ3v) is 3.23. The van der Waals surface area contributed by atoms with E-state index in [1.54, 1.807) is 31.2 Å². The number of hydrogen-bond acceptors (Lipinski definition) is 5. The van der Waals surface area contributed by atoms with Gasteiger partial charge < -0.3 is 9.15 Å². The molecular weight excluding hydrogens is 301 g/mol. The topological polar surface area (TPSA) is 70.2 Å². The van der Waals surface area contributed by atoms with Gasteiger partial charge in [-0.15, -0.1) is 0 Å². The molecule has 3 aromatic rings. The first-order chi connectivity index (χ1) is 11.2. The van der Waals surface area contributed by atoms with Gasteiger partial charge in [-0.3, -0.25) is 4.68 Å². The first kappa shape index (κ1) is 15.0. The Morgan fingerprint density at radius 1 is 1.39 bits per heavy atom. The zero-order valence-electron chi connectivity index (χ0n) is 12.4. The summed E-state index contributed by atoms with van der Waals surface area (Å²) in [7, 11) is 0. The van der Waals surface area contributed by atoms with Crippen LogP contribution in [-0.4, -0.2) is 27.3 Å². The van der Waals surface area contributed by atoms with Crippen molar-refractivity contribution in [3.8, 4) is 11.5 Å². The summed E-state index contributed by atoms with van der Waals surface area (Å²) in [5, 5.41) is 4.21. The maximum absolute atomic E-state index is 13.9. The Morgan fingerprint density at radius 2 is 2.22 bits per heavy atom. The molecule has 0 atom stereocenters. The summed E-state index contributed by atoms with van der Waals surface area (Å²) >= 11 is 0. The molecule has 0 aliphatic heterocycles. The second-order valence-electron chi connectivity index (χ2n) is 4.75. The number of benzene rings is 1. The number of hydrogen-bond donors (Lipinski definition) is 0. The first-order valence-electron chi connectivity index (χ1n) is 7.06. The normalized spacial score (nSPS) is 10.7. The number of nitrogens with zero attached hydrogens (tertiary/aromatic N) is 3. The summed E-state index contributed by atoms with van der Waals surface area (Å²) in [5.74, 6) is -0.450. The Hall–Kier alpha value is -2.96. The van der Waals surface area contributed by atoms with Gasteiger partial charge in [0, 0.05) is 11.6 Å². The van der Waals surface area contributed by atoms with E-state index in [1.807, 2.05) is 0 Å². The predicted octanol–water partition coefficient (Wildman–Crippen LogP) is 2.90. The molecule has 6 nitrogen and oxygen atoms in total. The van der Waals surface area contributed by atoms with Crippen molar-refractivity contribution in [1.29, 1.82) is 0 Å². The van der Waals surface area contributed by atoms with E-state index in [-0.39, 0.29) is 24.7 Å². The van der Waals surface area contributed by atoms with Crippen molar-refractivity contribution in [1.82, 2.24) is 14.8 Å². The van der Waals surface area contributed by atoms with E-state index >= 15 is 0 Å². The van der Waals surface area contributed by atoms with E-state index < -0.39 is 5.97 Å². The van der Waals surface area contributed by atoms with Gasteiger partial charge in [-0.25, -0.2) is 14.2 Å². The number of carbonyl (C=O) groups is 1. The van der Waals surface area contributed by atoms with Gasteiger partial charge in [0.25, 0.3) is 0 Å². The molecule has 2 aromatic heterocycles. The number of halogens is 1. The molecule has 0 spiro atoms. The second-order valence-corrected chi connectivity index (χ2v) is 4.75. The molecule has 0 saturated heterocycles. The molecule has 0 amide bonds. The molecule has 7 heteroatoms. The van der Waals surface area contributed by atoms with Crippen molar-refractivity contribution in [3.63, 3.8) is 0 Å². The fourth-order valence-electron chi connectivity index (χ4n) is 2.17. The van der Waals surface area contributed by atoms with Crippen LogP contribution in [0.15, 0.2) is 47.3 Å². The zero-order chi connectivity index (χ0) is 16.2. The van der Waals surface area contributed by atoms with E-state index in [1.165, 1.54) is 23.3 Å². The molecule has 0 aliphatic rings. The number of esters is 1. The lowest BCUT2D eigenvalue weighted by molar-refractivity contribution is 0.0518. The van der Waals surface area contributed by atoms with Crippen molar-refractivity contribution >= 4 is 5.97 Å². The summed E-state index contributed by atoms with van der Waals surface area (Å²) in [5.41, 5.74) is 1.11. The van der Waals surface area contributed by atoms with Crippen molar-refractivity contribution in [2.75, 3.05) is 6.61 Å². The minimum atomic E-state index is -0.541. The summed E-state index contributed by atoms with van der Waals surface area (Å²) in [6.07, 6.45) is 2.78. The van der Waals surface area contributed by atoms with Gasteiger partial charge >= 0.3 is 5.97 Å². The predicted molar refractivity (Wildman–Crippen MR) is 79.2 cm³/mol. The zero-order valence-corrected chi connectivity index (χ0v) is 12.4. The van der Waals surface area contributed by atoms with Crippen molar-refractivity contribution in [2.45, 2.75) is 13.5 Å². The molecular formula is C16H14FN3O3. The number of aromatic nitrogens is 3. The second kappa shape index (κ2) is 6.43. The number of carbonyl (C=O) groups excluding carboxylic acids is 1. The average molecular weight is 315 g/mol. The molecule has 0 bridgehead atoms. The van der Waals surface area contributed by atoms with Gasteiger partial charge in [0.05, 0.1) is 19.3 Å². The highest BCUT2D eigenvalue weighted by Crippen LogP contribution is 2.22. The van der Waals surface area contributed by atoms with Crippen LogP contribution in [0.2, 0.25) is 0 Å². The van der Waals surface area contributed by atoms with Crippen LogP contribution in [0, 0.1) is 5.82 Å². The number of oxazole rings is 1. The Labute approximate surface area is 131 Å². The molecule has 23 heavy (non-hydrogen) atoms. The highest BCUT2D eigenvalue weighted by molar-refractivity contribution is 5.88. The van der Waals surface area contributed by atoms with E-state index in [9.17, 15) is 9.18 Å². The fourth-order valence-corrected chi connectivity index (χ4v) is 2.17. The van der Waals surface area contributed by atoms with E-state index in [2.05, 4.69) is 10.1 Å². The summed E-state index contributed by atoms with van der Waals surface area (Å²) in [4.78, 5) is 15.7. The Bertz CT molecular complexity index is 812. The number of ether oxygens (including phenoxy) is 1. The number of rotatable bonds is 5. The standard InChI is InChI=1S/C16H14FN3O3/c1-2-22-16(21)13-7-14(15-8-18-10-23-15)20(19-13)9-11-5-3-4-6-12(11)17/h3-8,10H,2,9H2,1H3. The molecule has 2 heterocycles. The Morgan fingerprint density at radius 3 is 2.91 bits per heavy atom. The van der Waals surface area contributed by atoms with Crippen LogP contribution in [0.25, 0.3) is 11.5 Å². The Kier molecular flexibility index (Phi) is 4.18. The third kappa shape index (κ3) is 3.13. The lowest BCUT2D eigenvalue weighted by Gasteiger charge is -2.06. The largest absolute Gasteiger partial charge is 0.461 e. The van der Waals surface area contributed by atoms with Crippen molar-refractivity contribution in [2.24, 2.45) is 0 Å². The van der Waals surface area contributed by atoms with E-state index in [0.29, 0.717) is 17.0 Å². The highest BCUT2D eigenvalue weighted by Gasteiger charge is 2.19. The molecule has 0 aliphatic carbocycles. The van der Waals surface area contributed by atoms with Crippen LogP contribution >= 0.6 is 0 Å². The van der Waals surface area contributed by atoms with Crippen LogP contribution in [0.1, 0.15) is 23.0 Å².